The Kier molecular flexibility index (Phi) is 3.70. The van der Waals surface area contributed by atoms with Crippen LogP contribution in [-0.4, -0.2) is 28.9 Å². The Hall–Kier alpha value is -2.44. The minimum Gasteiger partial charge on any atom is -0.494 e. The maximum Gasteiger partial charge on any atom is 0.176 e. The van der Waals surface area contributed by atoms with Crippen LogP contribution in [0.2, 0.25) is 0 Å². The highest BCUT2D eigenvalue weighted by Crippen LogP contribution is 2.45. The van der Waals surface area contributed by atoms with Crippen molar-refractivity contribution in [3.8, 4) is 11.5 Å². The van der Waals surface area contributed by atoms with E-state index in [0.29, 0.717) is 22.2 Å². The molecule has 1 atom stereocenters. The zero-order valence-electron chi connectivity index (χ0n) is 13.3. The van der Waals surface area contributed by atoms with E-state index >= 15 is 0 Å². The molecule has 1 aliphatic rings. The van der Waals surface area contributed by atoms with E-state index < -0.39 is 6.23 Å². The molecule has 122 valence electrons. The second-order valence-electron chi connectivity index (χ2n) is 5.34. The zero-order valence-corrected chi connectivity index (χ0v) is 14.1. The van der Waals surface area contributed by atoms with Gasteiger partial charge in [0.2, 0.25) is 0 Å². The van der Waals surface area contributed by atoms with Gasteiger partial charge in [-0.25, -0.2) is 4.98 Å². The highest BCUT2D eigenvalue weighted by molar-refractivity contribution is 8.08. The van der Waals surface area contributed by atoms with Crippen molar-refractivity contribution < 1.29 is 14.6 Å². The number of thioether (sulfide) groups is 1. The van der Waals surface area contributed by atoms with Crippen LogP contribution >= 0.6 is 11.8 Å². The zero-order chi connectivity index (χ0) is 16.7. The second kappa shape index (κ2) is 5.89. The van der Waals surface area contributed by atoms with Gasteiger partial charge in [0.1, 0.15) is 22.5 Å². The summed E-state index contributed by atoms with van der Waals surface area (Å²) < 4.78 is 12.6. The van der Waals surface area contributed by atoms with E-state index in [1.54, 1.807) is 18.8 Å². The van der Waals surface area contributed by atoms with Crippen molar-refractivity contribution in [2.75, 3.05) is 14.2 Å². The van der Waals surface area contributed by atoms with Gasteiger partial charge in [0.25, 0.3) is 0 Å². The molecule has 1 aliphatic heterocycles. The summed E-state index contributed by atoms with van der Waals surface area (Å²) in [6.07, 6.45) is 1.01. The third kappa shape index (κ3) is 2.26. The molecular weight excluding hydrogens is 324 g/mol. The quantitative estimate of drug-likeness (QED) is 0.788. The van der Waals surface area contributed by atoms with Crippen molar-refractivity contribution in [3.63, 3.8) is 0 Å². The molecule has 1 unspecified atom stereocenters. The first-order valence-electron chi connectivity index (χ1n) is 7.49. The Morgan fingerprint density at radius 1 is 1.04 bits per heavy atom. The number of benzene rings is 2. The summed E-state index contributed by atoms with van der Waals surface area (Å²) in [6, 6.07) is 13.6. The summed E-state index contributed by atoms with van der Waals surface area (Å²) >= 11 is 1.52. The molecule has 0 aliphatic carbocycles. The van der Waals surface area contributed by atoms with Gasteiger partial charge in [-0.3, -0.25) is 4.57 Å². The molecule has 0 fully saturated rings. The van der Waals surface area contributed by atoms with Crippen molar-refractivity contribution in [3.05, 3.63) is 54.1 Å². The minimum absolute atomic E-state index is 0.653. The van der Waals surface area contributed by atoms with Gasteiger partial charge < -0.3 is 14.6 Å². The lowest BCUT2D eigenvalue weighted by molar-refractivity contribution is 0.148. The van der Waals surface area contributed by atoms with Gasteiger partial charge in [-0.05, 0) is 23.8 Å². The van der Waals surface area contributed by atoms with Gasteiger partial charge in [0, 0.05) is 4.91 Å². The van der Waals surface area contributed by atoms with Crippen LogP contribution in [-0.2, 0) is 0 Å². The number of fused-ring (bicyclic) bond motifs is 3. The minimum atomic E-state index is -0.817. The molecule has 1 N–H and O–H groups in total. The topological polar surface area (TPSA) is 56.5 Å². The number of ether oxygens (including phenoxy) is 2. The van der Waals surface area contributed by atoms with Crippen LogP contribution in [0.4, 0.5) is 0 Å². The standard InChI is InChI=1S/C18H16N2O3S/c1-22-12-8-9-13(23-2)17-16(12)19-18-20(17)15(21)10-14(24-18)11-6-4-3-5-7-11/h3-10,15,21H,1-2H3. The van der Waals surface area contributed by atoms with E-state index in [2.05, 4.69) is 4.98 Å². The number of aliphatic hydroxyl groups excluding tert-OH is 1. The van der Waals surface area contributed by atoms with Gasteiger partial charge >= 0.3 is 0 Å². The highest BCUT2D eigenvalue weighted by atomic mass is 32.2. The Morgan fingerprint density at radius 2 is 1.75 bits per heavy atom. The third-order valence-corrected chi connectivity index (χ3v) is 5.06. The van der Waals surface area contributed by atoms with Crippen LogP contribution in [0.25, 0.3) is 15.9 Å². The van der Waals surface area contributed by atoms with Crippen LogP contribution < -0.4 is 9.47 Å². The fourth-order valence-corrected chi connectivity index (χ4v) is 3.95. The van der Waals surface area contributed by atoms with Crippen molar-refractivity contribution in [1.29, 1.82) is 0 Å². The number of hydrogen-bond donors (Lipinski definition) is 1. The number of hydrogen-bond acceptors (Lipinski definition) is 5. The van der Waals surface area contributed by atoms with Crippen LogP contribution in [0.1, 0.15) is 11.8 Å². The molecule has 4 rings (SSSR count). The van der Waals surface area contributed by atoms with E-state index in [4.69, 9.17) is 9.47 Å². The first-order chi connectivity index (χ1) is 11.7. The Bertz CT molecular complexity index is 934. The molecule has 0 saturated carbocycles. The molecule has 0 spiro atoms. The first kappa shape index (κ1) is 15.1. The van der Waals surface area contributed by atoms with E-state index in [1.165, 1.54) is 11.8 Å². The molecule has 1 aromatic heterocycles. The number of aliphatic hydroxyl groups is 1. The lowest BCUT2D eigenvalue weighted by Gasteiger charge is -2.21. The van der Waals surface area contributed by atoms with Crippen molar-refractivity contribution in [1.82, 2.24) is 9.55 Å². The number of rotatable bonds is 3. The molecule has 0 radical (unpaired) electrons. The molecule has 2 heterocycles. The van der Waals surface area contributed by atoms with E-state index in [9.17, 15) is 5.11 Å². The maximum atomic E-state index is 10.7. The SMILES string of the molecule is COc1ccc(OC)c2c1nc1n2C(O)C=C(c2ccccc2)S1. The van der Waals surface area contributed by atoms with Gasteiger partial charge in [0.15, 0.2) is 11.4 Å². The molecule has 2 aromatic carbocycles. The van der Waals surface area contributed by atoms with E-state index in [-0.39, 0.29) is 0 Å². The fourth-order valence-electron chi connectivity index (χ4n) is 2.88. The number of methoxy groups -OCH3 is 2. The van der Waals surface area contributed by atoms with E-state index in [0.717, 1.165) is 16.0 Å². The largest absolute Gasteiger partial charge is 0.494 e. The smallest absolute Gasteiger partial charge is 0.176 e. The average molecular weight is 340 g/mol. The lowest BCUT2D eigenvalue weighted by atomic mass is 10.2. The average Bonchev–Trinajstić information content (AvgIpc) is 3.01. The molecule has 0 bridgehead atoms. The van der Waals surface area contributed by atoms with Gasteiger partial charge in [-0.15, -0.1) is 0 Å². The highest BCUT2D eigenvalue weighted by Gasteiger charge is 2.27. The predicted octanol–water partition coefficient (Wildman–Crippen LogP) is 3.69. The molecule has 5 nitrogen and oxygen atoms in total. The van der Waals surface area contributed by atoms with Crippen LogP contribution in [0.3, 0.4) is 0 Å². The van der Waals surface area contributed by atoms with Crippen LogP contribution in [0.15, 0.2) is 53.7 Å². The molecular formula is C18H16N2O3S. The Labute approximate surface area is 143 Å². The van der Waals surface area contributed by atoms with Gasteiger partial charge in [-0.2, -0.15) is 0 Å². The summed E-state index contributed by atoms with van der Waals surface area (Å²) in [7, 11) is 3.21. The van der Waals surface area contributed by atoms with E-state index in [1.807, 2.05) is 48.5 Å². The summed E-state index contributed by atoms with van der Waals surface area (Å²) in [5.74, 6) is 1.31. The third-order valence-electron chi connectivity index (χ3n) is 4.00. The number of imidazole rings is 1. The number of aromatic nitrogens is 2. The summed E-state index contributed by atoms with van der Waals surface area (Å²) in [5, 5.41) is 11.4. The summed E-state index contributed by atoms with van der Waals surface area (Å²) in [4.78, 5) is 5.65. The Balaban J connectivity index is 1.90. The summed E-state index contributed by atoms with van der Waals surface area (Å²) in [6.45, 7) is 0. The van der Waals surface area contributed by atoms with Gasteiger partial charge in [-0.1, -0.05) is 42.1 Å². The summed E-state index contributed by atoms with van der Waals surface area (Å²) in [5.41, 5.74) is 2.47. The van der Waals surface area contributed by atoms with Crippen LogP contribution in [0.5, 0.6) is 11.5 Å². The van der Waals surface area contributed by atoms with Crippen molar-refractivity contribution in [2.45, 2.75) is 11.4 Å². The molecule has 0 amide bonds. The maximum absolute atomic E-state index is 10.7. The Morgan fingerprint density at radius 3 is 2.46 bits per heavy atom. The van der Waals surface area contributed by atoms with Crippen molar-refractivity contribution >= 4 is 27.7 Å². The fraction of sp³-hybridized carbons (Fsp3) is 0.167. The molecule has 3 aromatic rings. The van der Waals surface area contributed by atoms with Crippen LogP contribution in [0, 0.1) is 0 Å². The molecule has 24 heavy (non-hydrogen) atoms. The normalized spacial score (nSPS) is 16.6. The van der Waals surface area contributed by atoms with Gasteiger partial charge in [0.05, 0.1) is 14.2 Å². The predicted molar refractivity (Wildman–Crippen MR) is 94.4 cm³/mol. The second-order valence-corrected chi connectivity index (χ2v) is 6.35. The monoisotopic (exact) mass is 340 g/mol. The lowest BCUT2D eigenvalue weighted by Crippen LogP contribution is -2.11. The first-order valence-corrected chi connectivity index (χ1v) is 8.30. The molecule has 0 saturated heterocycles. The number of nitrogens with zero attached hydrogens (tertiary/aromatic N) is 2. The van der Waals surface area contributed by atoms with Crippen molar-refractivity contribution in [2.24, 2.45) is 0 Å². The molecule has 6 heteroatoms.